The molecule has 2 aromatic rings. The first-order valence-corrected chi connectivity index (χ1v) is 6.53. The highest BCUT2D eigenvalue weighted by molar-refractivity contribution is 5.50. The molecule has 0 unspecified atom stereocenters. The van der Waals surface area contributed by atoms with Gasteiger partial charge in [-0.3, -0.25) is 15.1 Å². The van der Waals surface area contributed by atoms with Crippen molar-refractivity contribution >= 4 is 5.69 Å². The summed E-state index contributed by atoms with van der Waals surface area (Å²) in [5.74, 6) is 0.961. The van der Waals surface area contributed by atoms with Crippen LogP contribution in [0.1, 0.15) is 29.8 Å². The number of nitrogens with zero attached hydrogens (tertiary/aromatic N) is 2. The molecule has 0 amide bonds. The molecule has 110 valence electrons. The molecule has 0 bridgehead atoms. The van der Waals surface area contributed by atoms with Gasteiger partial charge < -0.3 is 10.5 Å². The Morgan fingerprint density at radius 2 is 2.00 bits per heavy atom. The van der Waals surface area contributed by atoms with Crippen molar-refractivity contribution in [2.24, 2.45) is 5.73 Å². The van der Waals surface area contributed by atoms with Crippen molar-refractivity contribution in [2.75, 3.05) is 0 Å². The molecular weight excluding hydrogens is 270 g/mol. The molecule has 0 fully saturated rings. The van der Waals surface area contributed by atoms with Gasteiger partial charge in [-0.05, 0) is 44.5 Å². The number of benzene rings is 1. The molecule has 0 aliphatic carbocycles. The van der Waals surface area contributed by atoms with Gasteiger partial charge in [0.15, 0.2) is 0 Å². The van der Waals surface area contributed by atoms with E-state index in [0.29, 0.717) is 17.1 Å². The van der Waals surface area contributed by atoms with E-state index in [2.05, 4.69) is 4.98 Å². The maximum Gasteiger partial charge on any atom is 0.276 e. The van der Waals surface area contributed by atoms with Crippen molar-refractivity contribution in [2.45, 2.75) is 26.8 Å². The first-order valence-electron chi connectivity index (χ1n) is 6.53. The summed E-state index contributed by atoms with van der Waals surface area (Å²) in [6, 6.07) is 6.54. The molecule has 2 N–H and O–H groups in total. The summed E-state index contributed by atoms with van der Waals surface area (Å²) in [4.78, 5) is 14.8. The predicted octanol–water partition coefficient (Wildman–Crippen LogP) is 3.42. The maximum atomic E-state index is 11.0. The van der Waals surface area contributed by atoms with Gasteiger partial charge in [0, 0.05) is 11.6 Å². The minimum Gasteiger partial charge on any atom is -0.455 e. The number of hydrogen-bond donors (Lipinski definition) is 1. The Balaban J connectivity index is 2.30. The van der Waals surface area contributed by atoms with Crippen LogP contribution < -0.4 is 10.5 Å². The number of aromatic nitrogens is 1. The second-order valence-electron chi connectivity index (χ2n) is 4.97. The minimum atomic E-state index is -0.418. The largest absolute Gasteiger partial charge is 0.455 e. The van der Waals surface area contributed by atoms with Gasteiger partial charge in [0.25, 0.3) is 5.69 Å². The van der Waals surface area contributed by atoms with Crippen LogP contribution in [0.4, 0.5) is 5.69 Å². The highest BCUT2D eigenvalue weighted by atomic mass is 16.6. The molecule has 0 saturated heterocycles. The van der Waals surface area contributed by atoms with Crippen LogP contribution in [-0.4, -0.2) is 9.91 Å². The number of nitro groups is 1. The smallest absolute Gasteiger partial charge is 0.276 e. The Morgan fingerprint density at radius 1 is 1.29 bits per heavy atom. The average Bonchev–Trinajstić information content (AvgIpc) is 2.42. The van der Waals surface area contributed by atoms with E-state index in [-0.39, 0.29) is 11.7 Å². The number of pyridine rings is 1. The molecule has 1 aromatic carbocycles. The molecule has 6 nitrogen and oxygen atoms in total. The van der Waals surface area contributed by atoms with Crippen LogP contribution in [0.3, 0.4) is 0 Å². The third-order valence-corrected chi connectivity index (χ3v) is 3.14. The lowest BCUT2D eigenvalue weighted by Gasteiger charge is -2.10. The van der Waals surface area contributed by atoms with E-state index < -0.39 is 4.92 Å². The Hall–Kier alpha value is -2.47. The lowest BCUT2D eigenvalue weighted by molar-refractivity contribution is -0.385. The molecule has 21 heavy (non-hydrogen) atoms. The molecule has 1 aromatic heterocycles. The standard InChI is InChI=1S/C15H17N3O3/c1-9-6-10(2)15(7-14(9)18(19)20)21-12-4-5-13(11(3)16)17-8-12/h4-8,11H,16H2,1-3H3/t11-/m0/s1. The van der Waals surface area contributed by atoms with Crippen molar-refractivity contribution in [1.29, 1.82) is 0 Å². The zero-order valence-corrected chi connectivity index (χ0v) is 12.2. The van der Waals surface area contributed by atoms with Gasteiger partial charge in [-0.15, -0.1) is 0 Å². The fourth-order valence-electron chi connectivity index (χ4n) is 1.98. The van der Waals surface area contributed by atoms with E-state index in [4.69, 9.17) is 10.5 Å². The van der Waals surface area contributed by atoms with Gasteiger partial charge in [-0.2, -0.15) is 0 Å². The summed E-state index contributed by atoms with van der Waals surface area (Å²) >= 11 is 0. The van der Waals surface area contributed by atoms with Gasteiger partial charge in [0.05, 0.1) is 22.9 Å². The average molecular weight is 287 g/mol. The fraction of sp³-hybridized carbons (Fsp3) is 0.267. The summed E-state index contributed by atoms with van der Waals surface area (Å²) in [7, 11) is 0. The van der Waals surface area contributed by atoms with Crippen molar-refractivity contribution < 1.29 is 9.66 Å². The van der Waals surface area contributed by atoms with E-state index in [1.807, 2.05) is 13.8 Å². The summed E-state index contributed by atoms with van der Waals surface area (Å²) < 4.78 is 5.68. The van der Waals surface area contributed by atoms with Gasteiger partial charge >= 0.3 is 0 Å². The third-order valence-electron chi connectivity index (χ3n) is 3.14. The molecule has 0 radical (unpaired) electrons. The molecule has 0 aliphatic heterocycles. The van der Waals surface area contributed by atoms with Crippen molar-refractivity contribution in [3.05, 3.63) is 57.4 Å². The van der Waals surface area contributed by atoms with Crippen LogP contribution in [0.5, 0.6) is 11.5 Å². The molecule has 0 aliphatic rings. The monoisotopic (exact) mass is 287 g/mol. The minimum absolute atomic E-state index is 0.0377. The van der Waals surface area contributed by atoms with Crippen molar-refractivity contribution in [3.8, 4) is 11.5 Å². The lowest BCUT2D eigenvalue weighted by Crippen LogP contribution is -2.06. The van der Waals surface area contributed by atoms with Crippen LogP contribution in [0.25, 0.3) is 0 Å². The van der Waals surface area contributed by atoms with Crippen molar-refractivity contribution in [1.82, 2.24) is 4.98 Å². The summed E-state index contributed by atoms with van der Waals surface area (Å²) in [5.41, 5.74) is 7.96. The van der Waals surface area contributed by atoms with E-state index in [0.717, 1.165) is 11.3 Å². The summed E-state index contributed by atoms with van der Waals surface area (Å²) in [5, 5.41) is 11.0. The van der Waals surface area contributed by atoms with Crippen LogP contribution in [-0.2, 0) is 0 Å². The van der Waals surface area contributed by atoms with Crippen LogP contribution >= 0.6 is 0 Å². The highest BCUT2D eigenvalue weighted by Crippen LogP contribution is 2.31. The predicted molar refractivity (Wildman–Crippen MR) is 79.5 cm³/mol. The maximum absolute atomic E-state index is 11.0. The first-order chi connectivity index (χ1) is 9.88. The molecule has 6 heteroatoms. The number of nitrogens with two attached hydrogens (primary N) is 1. The molecule has 0 spiro atoms. The second-order valence-corrected chi connectivity index (χ2v) is 4.97. The Labute approximate surface area is 122 Å². The molecule has 1 heterocycles. The van der Waals surface area contributed by atoms with E-state index in [9.17, 15) is 10.1 Å². The molecule has 0 saturated carbocycles. The Bertz CT molecular complexity index is 667. The number of rotatable bonds is 4. The van der Waals surface area contributed by atoms with Gasteiger partial charge in [0.1, 0.15) is 11.5 Å². The fourth-order valence-corrected chi connectivity index (χ4v) is 1.98. The van der Waals surface area contributed by atoms with Crippen molar-refractivity contribution in [3.63, 3.8) is 0 Å². The van der Waals surface area contributed by atoms with E-state index in [1.54, 1.807) is 31.3 Å². The zero-order chi connectivity index (χ0) is 15.6. The molecular formula is C15H17N3O3. The van der Waals surface area contributed by atoms with Gasteiger partial charge in [-0.1, -0.05) is 0 Å². The zero-order valence-electron chi connectivity index (χ0n) is 12.2. The quantitative estimate of drug-likeness (QED) is 0.687. The van der Waals surface area contributed by atoms with Gasteiger partial charge in [0.2, 0.25) is 0 Å². The van der Waals surface area contributed by atoms with E-state index in [1.165, 1.54) is 6.07 Å². The van der Waals surface area contributed by atoms with Crippen LogP contribution in [0.15, 0.2) is 30.5 Å². The topological polar surface area (TPSA) is 91.3 Å². The van der Waals surface area contributed by atoms with Crippen LogP contribution in [0, 0.1) is 24.0 Å². The van der Waals surface area contributed by atoms with Crippen LogP contribution in [0.2, 0.25) is 0 Å². The number of hydrogen-bond acceptors (Lipinski definition) is 5. The second kappa shape index (κ2) is 5.88. The SMILES string of the molecule is Cc1cc(C)c([N+](=O)[O-])cc1Oc1ccc([C@H](C)N)nc1. The third kappa shape index (κ3) is 3.35. The van der Waals surface area contributed by atoms with E-state index >= 15 is 0 Å². The Kier molecular flexibility index (Phi) is 4.18. The lowest BCUT2D eigenvalue weighted by atomic mass is 10.1. The highest BCUT2D eigenvalue weighted by Gasteiger charge is 2.15. The molecule has 2 rings (SSSR count). The summed E-state index contributed by atoms with van der Waals surface area (Å²) in [6.45, 7) is 5.39. The Morgan fingerprint density at radius 3 is 2.52 bits per heavy atom. The number of ether oxygens (including phenoxy) is 1. The number of nitro benzene ring substituents is 1. The normalized spacial score (nSPS) is 12.0. The molecule has 1 atom stereocenters. The first kappa shape index (κ1) is 14.9. The summed E-state index contributed by atoms with van der Waals surface area (Å²) in [6.07, 6.45) is 1.56. The van der Waals surface area contributed by atoms with Gasteiger partial charge in [-0.25, -0.2) is 0 Å². The number of aryl methyl sites for hydroxylation is 2.